The van der Waals surface area contributed by atoms with Crippen LogP contribution < -0.4 is 11.5 Å². The second-order valence-corrected chi connectivity index (χ2v) is 2.98. The number of anilines is 1. The smallest absolute Gasteiger partial charge is 0.315 e. The van der Waals surface area contributed by atoms with Crippen LogP contribution in [0.1, 0.15) is 11.3 Å². The fraction of sp³-hybridized carbons (Fsp3) is 0.429. The SMILES string of the molecule is NC(=O)N1CCc2noc(N)c2C1. The Morgan fingerprint density at radius 1 is 1.62 bits per heavy atom. The molecule has 0 radical (unpaired) electrons. The van der Waals surface area contributed by atoms with Crippen molar-refractivity contribution in [1.29, 1.82) is 0 Å². The van der Waals surface area contributed by atoms with Gasteiger partial charge in [-0.05, 0) is 0 Å². The fourth-order valence-electron chi connectivity index (χ4n) is 1.42. The Morgan fingerprint density at radius 2 is 2.38 bits per heavy atom. The van der Waals surface area contributed by atoms with Crippen LogP contribution in [0.25, 0.3) is 0 Å². The third-order valence-corrected chi connectivity index (χ3v) is 2.18. The minimum Gasteiger partial charge on any atom is -0.367 e. The van der Waals surface area contributed by atoms with Crippen molar-refractivity contribution in [1.82, 2.24) is 10.1 Å². The summed E-state index contributed by atoms with van der Waals surface area (Å²) in [5.41, 5.74) is 12.3. The van der Waals surface area contributed by atoms with E-state index >= 15 is 0 Å². The summed E-state index contributed by atoms with van der Waals surface area (Å²) in [6.07, 6.45) is 0.652. The third-order valence-electron chi connectivity index (χ3n) is 2.18. The number of aromatic nitrogens is 1. The molecule has 6 nitrogen and oxygen atoms in total. The van der Waals surface area contributed by atoms with Crippen molar-refractivity contribution in [2.75, 3.05) is 12.3 Å². The number of amides is 2. The number of nitrogens with two attached hydrogens (primary N) is 2. The highest BCUT2D eigenvalue weighted by Gasteiger charge is 2.24. The summed E-state index contributed by atoms with van der Waals surface area (Å²) in [5.74, 6) is 0.279. The van der Waals surface area contributed by atoms with Gasteiger partial charge < -0.3 is 20.9 Å². The van der Waals surface area contributed by atoms with Crippen LogP contribution in [0.5, 0.6) is 0 Å². The Hall–Kier alpha value is -1.72. The monoisotopic (exact) mass is 182 g/mol. The van der Waals surface area contributed by atoms with Gasteiger partial charge in [0.25, 0.3) is 0 Å². The van der Waals surface area contributed by atoms with Gasteiger partial charge in [-0.3, -0.25) is 0 Å². The van der Waals surface area contributed by atoms with Crippen molar-refractivity contribution in [2.24, 2.45) is 5.73 Å². The zero-order valence-electron chi connectivity index (χ0n) is 6.99. The summed E-state index contributed by atoms with van der Waals surface area (Å²) in [4.78, 5) is 12.4. The van der Waals surface area contributed by atoms with Gasteiger partial charge in [-0.2, -0.15) is 0 Å². The molecule has 2 rings (SSSR count). The van der Waals surface area contributed by atoms with Gasteiger partial charge in [-0.25, -0.2) is 4.79 Å². The number of carbonyl (C=O) groups is 1. The lowest BCUT2D eigenvalue weighted by atomic mass is 10.1. The van der Waals surface area contributed by atoms with Crippen molar-refractivity contribution < 1.29 is 9.32 Å². The van der Waals surface area contributed by atoms with Crippen LogP contribution in [0.2, 0.25) is 0 Å². The number of urea groups is 1. The fourth-order valence-corrected chi connectivity index (χ4v) is 1.42. The van der Waals surface area contributed by atoms with E-state index in [2.05, 4.69) is 5.16 Å². The molecule has 0 saturated carbocycles. The maximum absolute atomic E-state index is 10.9. The Balaban J connectivity index is 2.27. The second-order valence-electron chi connectivity index (χ2n) is 2.98. The predicted molar refractivity (Wildman–Crippen MR) is 44.6 cm³/mol. The van der Waals surface area contributed by atoms with E-state index in [1.54, 1.807) is 0 Å². The lowest BCUT2D eigenvalue weighted by Crippen LogP contribution is -2.39. The van der Waals surface area contributed by atoms with Gasteiger partial charge in [0.05, 0.1) is 17.8 Å². The lowest BCUT2D eigenvalue weighted by molar-refractivity contribution is 0.202. The van der Waals surface area contributed by atoms with Crippen LogP contribution >= 0.6 is 0 Å². The topological polar surface area (TPSA) is 98.4 Å². The molecular formula is C7H10N4O2. The molecule has 0 fully saturated rings. The summed E-state index contributed by atoms with van der Waals surface area (Å²) in [5, 5.41) is 3.77. The molecule has 0 bridgehead atoms. The summed E-state index contributed by atoms with van der Waals surface area (Å²) < 4.78 is 4.79. The van der Waals surface area contributed by atoms with E-state index < -0.39 is 6.03 Å². The van der Waals surface area contributed by atoms with Crippen molar-refractivity contribution >= 4 is 11.9 Å². The first-order chi connectivity index (χ1) is 6.18. The van der Waals surface area contributed by atoms with Gasteiger partial charge >= 0.3 is 6.03 Å². The Kier molecular flexibility index (Phi) is 1.61. The lowest BCUT2D eigenvalue weighted by Gasteiger charge is -2.23. The molecule has 0 aliphatic carbocycles. The molecule has 70 valence electrons. The molecule has 1 aliphatic heterocycles. The molecule has 0 unspecified atom stereocenters. The quantitative estimate of drug-likeness (QED) is 0.575. The molecule has 13 heavy (non-hydrogen) atoms. The van der Waals surface area contributed by atoms with Gasteiger partial charge in [0, 0.05) is 13.0 Å². The zero-order chi connectivity index (χ0) is 9.42. The maximum Gasteiger partial charge on any atom is 0.315 e. The number of hydrogen-bond donors (Lipinski definition) is 2. The number of fused-ring (bicyclic) bond motifs is 1. The second kappa shape index (κ2) is 2.65. The van der Waals surface area contributed by atoms with Gasteiger partial charge in [0.1, 0.15) is 0 Å². The average molecular weight is 182 g/mol. The molecule has 0 atom stereocenters. The van der Waals surface area contributed by atoms with E-state index in [0.29, 0.717) is 19.5 Å². The number of hydrogen-bond acceptors (Lipinski definition) is 4. The highest BCUT2D eigenvalue weighted by molar-refractivity contribution is 5.72. The minimum atomic E-state index is -0.439. The largest absolute Gasteiger partial charge is 0.367 e. The molecule has 4 N–H and O–H groups in total. The van der Waals surface area contributed by atoms with E-state index in [4.69, 9.17) is 16.0 Å². The minimum absolute atomic E-state index is 0.279. The first kappa shape index (κ1) is 7.90. The Morgan fingerprint density at radius 3 is 3.08 bits per heavy atom. The zero-order valence-corrected chi connectivity index (χ0v) is 6.99. The Bertz CT molecular complexity index is 346. The van der Waals surface area contributed by atoms with Gasteiger partial charge in [-0.1, -0.05) is 5.16 Å². The molecule has 0 spiro atoms. The number of nitrogen functional groups attached to an aromatic ring is 1. The van der Waals surface area contributed by atoms with E-state index in [1.807, 2.05) is 0 Å². The highest BCUT2D eigenvalue weighted by atomic mass is 16.5. The molecular weight excluding hydrogens is 172 g/mol. The standard InChI is InChI=1S/C7H10N4O2/c8-6-4-3-11(7(9)12)2-1-5(4)10-13-6/h1-3,8H2,(H2,9,12). The number of nitrogens with zero attached hydrogens (tertiary/aromatic N) is 2. The summed E-state index contributed by atoms with van der Waals surface area (Å²) in [6.45, 7) is 0.980. The number of primary amides is 1. The average Bonchev–Trinajstić information content (AvgIpc) is 2.47. The van der Waals surface area contributed by atoms with Crippen LogP contribution in [0.4, 0.5) is 10.7 Å². The number of carbonyl (C=O) groups excluding carboxylic acids is 1. The number of rotatable bonds is 0. The molecule has 2 amide bonds. The van der Waals surface area contributed by atoms with E-state index in [-0.39, 0.29) is 5.88 Å². The van der Waals surface area contributed by atoms with Gasteiger partial charge in [0.2, 0.25) is 5.88 Å². The molecule has 2 heterocycles. The van der Waals surface area contributed by atoms with Crippen LogP contribution in [-0.4, -0.2) is 22.6 Å². The molecule has 1 aliphatic rings. The van der Waals surface area contributed by atoms with Gasteiger partial charge in [-0.15, -0.1) is 0 Å². The normalized spacial score (nSPS) is 15.5. The first-order valence-corrected chi connectivity index (χ1v) is 3.95. The molecule has 6 heteroatoms. The van der Waals surface area contributed by atoms with E-state index in [9.17, 15) is 4.79 Å². The molecule has 1 aromatic rings. The van der Waals surface area contributed by atoms with Crippen molar-refractivity contribution in [3.8, 4) is 0 Å². The Labute approximate surface area is 74.5 Å². The summed E-state index contributed by atoms with van der Waals surface area (Å²) >= 11 is 0. The summed E-state index contributed by atoms with van der Waals surface area (Å²) in [6, 6.07) is -0.439. The molecule has 1 aromatic heterocycles. The predicted octanol–water partition coefficient (Wildman–Crippen LogP) is -0.306. The van der Waals surface area contributed by atoms with Crippen LogP contribution in [0.15, 0.2) is 4.52 Å². The molecule has 0 aromatic carbocycles. The van der Waals surface area contributed by atoms with Crippen molar-refractivity contribution in [3.05, 3.63) is 11.3 Å². The van der Waals surface area contributed by atoms with Crippen molar-refractivity contribution in [2.45, 2.75) is 13.0 Å². The third kappa shape index (κ3) is 1.20. The first-order valence-electron chi connectivity index (χ1n) is 3.95. The van der Waals surface area contributed by atoms with Crippen molar-refractivity contribution in [3.63, 3.8) is 0 Å². The van der Waals surface area contributed by atoms with Gasteiger partial charge in [0.15, 0.2) is 0 Å². The summed E-state index contributed by atoms with van der Waals surface area (Å²) in [7, 11) is 0. The van der Waals surface area contributed by atoms with Crippen LogP contribution in [0.3, 0.4) is 0 Å². The van der Waals surface area contributed by atoms with Crippen LogP contribution in [0, 0.1) is 0 Å². The maximum atomic E-state index is 10.9. The van der Waals surface area contributed by atoms with E-state index in [1.165, 1.54) is 4.90 Å². The van der Waals surface area contributed by atoms with E-state index in [0.717, 1.165) is 11.3 Å². The molecule has 0 saturated heterocycles. The van der Waals surface area contributed by atoms with Crippen LogP contribution in [-0.2, 0) is 13.0 Å². The highest BCUT2D eigenvalue weighted by Crippen LogP contribution is 2.23.